The van der Waals surface area contributed by atoms with Crippen LogP contribution in [0.2, 0.25) is 0 Å². The summed E-state index contributed by atoms with van der Waals surface area (Å²) < 4.78 is 29.2. The molecule has 2 aromatic carbocycles. The Balaban J connectivity index is 1.76. The van der Waals surface area contributed by atoms with Crippen molar-refractivity contribution in [2.24, 2.45) is 0 Å². The van der Waals surface area contributed by atoms with E-state index in [0.29, 0.717) is 18.2 Å². The average molecular weight is 370 g/mol. The van der Waals surface area contributed by atoms with Crippen LogP contribution in [-0.4, -0.2) is 6.04 Å². The zero-order valence-corrected chi connectivity index (χ0v) is 13.6. The van der Waals surface area contributed by atoms with Gasteiger partial charge in [-0.15, -0.1) is 0 Å². The van der Waals surface area contributed by atoms with Gasteiger partial charge in [0.05, 0.1) is 4.90 Å². The van der Waals surface area contributed by atoms with Gasteiger partial charge >= 0.3 is 0 Å². The zero-order chi connectivity index (χ0) is 14.8. The quantitative estimate of drug-likeness (QED) is 0.783. The number of halogens is 3. The van der Waals surface area contributed by atoms with Gasteiger partial charge in [-0.2, -0.15) is 0 Å². The van der Waals surface area contributed by atoms with E-state index in [9.17, 15) is 8.78 Å². The second-order valence-electron chi connectivity index (χ2n) is 5.10. The smallest absolute Gasteiger partial charge is 0.140 e. The molecule has 0 aliphatic heterocycles. The van der Waals surface area contributed by atoms with Crippen molar-refractivity contribution < 1.29 is 8.78 Å². The van der Waals surface area contributed by atoms with E-state index < -0.39 is 11.6 Å². The molecule has 1 nitrogen and oxygen atoms in total. The summed E-state index contributed by atoms with van der Waals surface area (Å²) in [5.74, 6) is -1.01. The number of hydrogen-bond donors (Lipinski definition) is 1. The Labute approximate surface area is 135 Å². The lowest BCUT2D eigenvalue weighted by molar-refractivity contribution is 0.534. The monoisotopic (exact) mass is 369 g/mol. The van der Waals surface area contributed by atoms with Gasteiger partial charge in [0.2, 0.25) is 0 Å². The summed E-state index contributed by atoms with van der Waals surface area (Å²) in [6.45, 7) is 0.516. The summed E-state index contributed by atoms with van der Waals surface area (Å²) in [7, 11) is 0. The molecule has 1 saturated carbocycles. The van der Waals surface area contributed by atoms with E-state index in [4.69, 9.17) is 0 Å². The molecule has 1 fully saturated rings. The zero-order valence-electron chi connectivity index (χ0n) is 11.2. The van der Waals surface area contributed by atoms with Gasteiger partial charge in [-0.05, 0) is 54.8 Å². The van der Waals surface area contributed by atoms with Crippen LogP contribution >= 0.6 is 27.7 Å². The Morgan fingerprint density at radius 1 is 1.10 bits per heavy atom. The summed E-state index contributed by atoms with van der Waals surface area (Å²) >= 11 is 4.44. The maximum atomic E-state index is 14.1. The Bertz CT molecular complexity index is 618. The van der Waals surface area contributed by atoms with E-state index in [1.807, 2.05) is 24.3 Å². The predicted octanol–water partition coefficient (Wildman–Crippen LogP) is 5.13. The molecule has 0 heterocycles. The largest absolute Gasteiger partial charge is 0.310 e. The highest BCUT2D eigenvalue weighted by Crippen LogP contribution is 2.33. The molecule has 0 aromatic heterocycles. The highest BCUT2D eigenvalue weighted by atomic mass is 79.9. The van der Waals surface area contributed by atoms with Crippen molar-refractivity contribution in [1.29, 1.82) is 0 Å². The minimum Gasteiger partial charge on any atom is -0.310 e. The topological polar surface area (TPSA) is 12.0 Å². The van der Waals surface area contributed by atoms with Crippen LogP contribution in [0.25, 0.3) is 0 Å². The van der Waals surface area contributed by atoms with Crippen LogP contribution in [0.3, 0.4) is 0 Å². The standard InChI is InChI=1S/C16H14BrF2NS/c17-11-1-5-13(6-2-11)21-16-14(18)7-10(8-15(16)19)9-20-12-3-4-12/h1-2,5-8,12,20H,3-4,9H2. The first-order valence-electron chi connectivity index (χ1n) is 6.76. The Morgan fingerprint density at radius 3 is 2.29 bits per heavy atom. The number of nitrogens with one attached hydrogen (secondary N) is 1. The molecule has 21 heavy (non-hydrogen) atoms. The van der Waals surface area contributed by atoms with E-state index in [0.717, 1.165) is 34.0 Å². The molecule has 110 valence electrons. The maximum absolute atomic E-state index is 14.1. The number of hydrogen-bond acceptors (Lipinski definition) is 2. The molecule has 3 rings (SSSR count). The minimum absolute atomic E-state index is 0.0486. The summed E-state index contributed by atoms with van der Waals surface area (Å²) in [4.78, 5) is 0.854. The third kappa shape index (κ3) is 4.05. The van der Waals surface area contributed by atoms with Gasteiger partial charge in [0, 0.05) is 22.0 Å². The van der Waals surface area contributed by atoms with Gasteiger partial charge in [0.25, 0.3) is 0 Å². The summed E-state index contributed by atoms with van der Waals surface area (Å²) in [6, 6.07) is 10.7. The average Bonchev–Trinajstić information content (AvgIpc) is 3.27. The highest BCUT2D eigenvalue weighted by molar-refractivity contribution is 9.10. The molecule has 0 atom stereocenters. The SMILES string of the molecule is Fc1cc(CNC2CC2)cc(F)c1Sc1ccc(Br)cc1. The fraction of sp³-hybridized carbons (Fsp3) is 0.250. The predicted molar refractivity (Wildman–Crippen MR) is 84.5 cm³/mol. The third-order valence-electron chi connectivity index (χ3n) is 3.26. The van der Waals surface area contributed by atoms with E-state index >= 15 is 0 Å². The summed E-state index contributed by atoms with van der Waals surface area (Å²) in [6.07, 6.45) is 2.31. The summed E-state index contributed by atoms with van der Waals surface area (Å²) in [5.41, 5.74) is 0.650. The lowest BCUT2D eigenvalue weighted by Gasteiger charge is -2.09. The first-order valence-corrected chi connectivity index (χ1v) is 8.37. The maximum Gasteiger partial charge on any atom is 0.140 e. The van der Waals surface area contributed by atoms with Crippen molar-refractivity contribution in [1.82, 2.24) is 5.32 Å². The molecule has 0 amide bonds. The van der Waals surface area contributed by atoms with Crippen LogP contribution in [0.4, 0.5) is 8.78 Å². The molecule has 1 aliphatic carbocycles. The molecule has 5 heteroatoms. The Kier molecular flexibility index (Phi) is 4.62. The Morgan fingerprint density at radius 2 is 1.71 bits per heavy atom. The van der Waals surface area contributed by atoms with E-state index in [2.05, 4.69) is 21.2 Å². The molecule has 0 unspecified atom stereocenters. The fourth-order valence-corrected chi connectivity index (χ4v) is 3.07. The van der Waals surface area contributed by atoms with Crippen LogP contribution in [-0.2, 0) is 6.54 Å². The van der Waals surface area contributed by atoms with Gasteiger partial charge in [-0.25, -0.2) is 8.78 Å². The van der Waals surface area contributed by atoms with Gasteiger partial charge < -0.3 is 5.32 Å². The number of rotatable bonds is 5. The van der Waals surface area contributed by atoms with Crippen LogP contribution < -0.4 is 5.32 Å². The van der Waals surface area contributed by atoms with E-state index in [1.165, 1.54) is 12.1 Å². The van der Waals surface area contributed by atoms with Crippen LogP contribution in [0.5, 0.6) is 0 Å². The van der Waals surface area contributed by atoms with E-state index in [1.54, 1.807) is 0 Å². The van der Waals surface area contributed by atoms with Crippen molar-refractivity contribution >= 4 is 27.7 Å². The molecule has 1 N–H and O–H groups in total. The van der Waals surface area contributed by atoms with Crippen molar-refractivity contribution in [2.75, 3.05) is 0 Å². The third-order valence-corrected chi connectivity index (χ3v) is 4.89. The Hall–Kier alpha value is -0.910. The normalized spacial score (nSPS) is 14.4. The van der Waals surface area contributed by atoms with Gasteiger partial charge in [0.15, 0.2) is 0 Å². The first kappa shape index (κ1) is 15.0. The molecule has 0 radical (unpaired) electrons. The first-order chi connectivity index (χ1) is 10.1. The summed E-state index contributed by atoms with van der Waals surface area (Å²) in [5, 5.41) is 3.26. The molecule has 1 aliphatic rings. The van der Waals surface area contributed by atoms with Crippen LogP contribution in [0.1, 0.15) is 18.4 Å². The minimum atomic E-state index is -0.504. The lowest BCUT2D eigenvalue weighted by Crippen LogP contribution is -2.15. The number of benzene rings is 2. The molecular weight excluding hydrogens is 356 g/mol. The lowest BCUT2D eigenvalue weighted by atomic mass is 10.2. The molecule has 0 saturated heterocycles. The van der Waals surface area contributed by atoms with Gasteiger partial charge in [0.1, 0.15) is 11.6 Å². The van der Waals surface area contributed by atoms with Crippen molar-refractivity contribution in [3.05, 3.63) is 58.1 Å². The van der Waals surface area contributed by atoms with Gasteiger partial charge in [-0.1, -0.05) is 27.7 Å². The molecule has 0 bridgehead atoms. The van der Waals surface area contributed by atoms with Crippen LogP contribution in [0.15, 0.2) is 50.7 Å². The van der Waals surface area contributed by atoms with Crippen molar-refractivity contribution in [2.45, 2.75) is 35.2 Å². The van der Waals surface area contributed by atoms with Crippen LogP contribution in [0, 0.1) is 11.6 Å². The fourth-order valence-electron chi connectivity index (χ4n) is 1.98. The van der Waals surface area contributed by atoms with Crippen molar-refractivity contribution in [3.8, 4) is 0 Å². The van der Waals surface area contributed by atoms with Crippen molar-refractivity contribution in [3.63, 3.8) is 0 Å². The molecule has 0 spiro atoms. The second-order valence-corrected chi connectivity index (χ2v) is 7.10. The molecule has 2 aromatic rings. The second kappa shape index (κ2) is 6.46. The highest BCUT2D eigenvalue weighted by Gasteiger charge is 2.20. The van der Waals surface area contributed by atoms with Gasteiger partial charge in [-0.3, -0.25) is 0 Å². The molecular formula is C16H14BrF2NS. The van der Waals surface area contributed by atoms with E-state index in [-0.39, 0.29) is 4.90 Å².